The zero-order chi connectivity index (χ0) is 24.2. The fourth-order valence-electron chi connectivity index (χ4n) is 5.07. The van der Waals surface area contributed by atoms with Crippen LogP contribution in [0.3, 0.4) is 0 Å². The van der Waals surface area contributed by atoms with Gasteiger partial charge in [-0.2, -0.15) is 0 Å². The van der Waals surface area contributed by atoms with Gasteiger partial charge in [0.15, 0.2) is 0 Å². The average Bonchev–Trinajstić information content (AvgIpc) is 3.56. The van der Waals surface area contributed by atoms with Crippen LogP contribution in [0.1, 0.15) is 74.8 Å². The third-order valence-corrected chi connectivity index (χ3v) is 7.05. The van der Waals surface area contributed by atoms with Gasteiger partial charge in [-0.3, -0.25) is 9.36 Å². The van der Waals surface area contributed by atoms with Crippen LogP contribution in [0.4, 0.5) is 4.79 Å². The summed E-state index contributed by atoms with van der Waals surface area (Å²) in [6.45, 7) is 11.0. The van der Waals surface area contributed by atoms with Crippen molar-refractivity contribution in [1.29, 1.82) is 0 Å². The number of pyridine rings is 1. The van der Waals surface area contributed by atoms with Crippen LogP contribution in [0.25, 0.3) is 16.5 Å². The average molecular weight is 459 g/mol. The Kier molecular flexibility index (Phi) is 5.54. The van der Waals surface area contributed by atoms with Crippen LogP contribution in [0.15, 0.2) is 47.3 Å². The first-order valence-corrected chi connectivity index (χ1v) is 12.4. The number of carbonyl (C=O) groups excluding carboxylic acids is 1. The second-order valence-corrected chi connectivity index (χ2v) is 10.8. The van der Waals surface area contributed by atoms with E-state index in [1.165, 1.54) is 29.5 Å². The zero-order valence-corrected chi connectivity index (χ0v) is 20.9. The quantitative estimate of drug-likeness (QED) is 0.477. The third-order valence-electron chi connectivity index (χ3n) is 7.05. The molecule has 5 heteroatoms. The molecule has 1 aromatic heterocycles. The van der Waals surface area contributed by atoms with Gasteiger partial charge in [0.1, 0.15) is 5.60 Å². The molecular formula is C29H34N2O3. The molecule has 178 valence electrons. The van der Waals surface area contributed by atoms with Crippen molar-refractivity contribution in [3.63, 3.8) is 0 Å². The summed E-state index contributed by atoms with van der Waals surface area (Å²) in [7, 11) is 0. The Hall–Kier alpha value is -3.08. The van der Waals surface area contributed by atoms with E-state index in [-0.39, 0.29) is 17.6 Å². The van der Waals surface area contributed by atoms with E-state index in [9.17, 15) is 9.59 Å². The molecule has 2 aliphatic rings. The number of carbonyl (C=O) groups is 1. The van der Waals surface area contributed by atoms with Crippen LogP contribution >= 0.6 is 0 Å². The van der Waals surface area contributed by atoms with E-state index in [0.29, 0.717) is 19.0 Å². The predicted molar refractivity (Wildman–Crippen MR) is 136 cm³/mol. The number of fused-ring (bicyclic) bond motifs is 1. The highest BCUT2D eigenvalue weighted by Gasteiger charge is 2.37. The summed E-state index contributed by atoms with van der Waals surface area (Å²) in [6.07, 6.45) is 3.01. The SMILES string of the molecule is CCc1c(C)cccc1-n1c(C2CN(C(=O)OC(C)(C)C)C2)cc2cc(C3CC3)ccc2c1=O. The van der Waals surface area contributed by atoms with Gasteiger partial charge >= 0.3 is 6.09 Å². The van der Waals surface area contributed by atoms with Crippen molar-refractivity contribution in [1.82, 2.24) is 9.47 Å². The number of hydrogen-bond acceptors (Lipinski definition) is 3. The number of aromatic nitrogens is 1. The lowest BCUT2D eigenvalue weighted by molar-refractivity contribution is 0.00770. The summed E-state index contributed by atoms with van der Waals surface area (Å²) in [5.41, 5.74) is 5.12. The maximum atomic E-state index is 13.9. The first-order chi connectivity index (χ1) is 16.2. The summed E-state index contributed by atoms with van der Waals surface area (Å²) < 4.78 is 7.46. The highest BCUT2D eigenvalue weighted by Crippen LogP contribution is 2.41. The number of amides is 1. The molecule has 0 N–H and O–H groups in total. The van der Waals surface area contributed by atoms with E-state index in [4.69, 9.17) is 4.74 Å². The van der Waals surface area contributed by atoms with Crippen molar-refractivity contribution in [2.24, 2.45) is 0 Å². The summed E-state index contributed by atoms with van der Waals surface area (Å²) in [6, 6.07) is 14.7. The van der Waals surface area contributed by atoms with Gasteiger partial charge in [-0.1, -0.05) is 31.2 Å². The first kappa shape index (κ1) is 22.7. The van der Waals surface area contributed by atoms with Crippen LogP contribution in [-0.2, 0) is 11.2 Å². The molecule has 5 nitrogen and oxygen atoms in total. The molecule has 0 bridgehead atoms. The second kappa shape index (κ2) is 8.30. The van der Waals surface area contributed by atoms with Crippen LogP contribution in [-0.4, -0.2) is 34.3 Å². The summed E-state index contributed by atoms with van der Waals surface area (Å²) in [5, 5.41) is 1.75. The van der Waals surface area contributed by atoms with Crippen molar-refractivity contribution in [3.8, 4) is 5.69 Å². The highest BCUT2D eigenvalue weighted by atomic mass is 16.6. The molecule has 0 radical (unpaired) electrons. The lowest BCUT2D eigenvalue weighted by Crippen LogP contribution is -2.51. The van der Waals surface area contributed by atoms with Gasteiger partial charge in [-0.05, 0) is 93.2 Å². The molecule has 1 aliphatic carbocycles. The standard InChI is InChI=1S/C29H34N2O3/c1-6-23-18(2)8-7-9-25(23)31-26(22-16-30(17-22)28(33)34-29(3,4)5)15-21-14-20(19-10-11-19)12-13-24(21)27(31)32/h7-9,12-15,19,22H,6,10-11,16-17H2,1-5H3. The van der Waals surface area contributed by atoms with Gasteiger partial charge in [0.2, 0.25) is 0 Å². The Morgan fingerprint density at radius 3 is 2.44 bits per heavy atom. The Labute approximate surface area is 201 Å². The van der Waals surface area contributed by atoms with Gasteiger partial charge in [0, 0.05) is 30.1 Å². The van der Waals surface area contributed by atoms with E-state index in [2.05, 4.69) is 38.1 Å². The minimum atomic E-state index is -0.524. The lowest BCUT2D eigenvalue weighted by Gasteiger charge is -2.40. The summed E-state index contributed by atoms with van der Waals surface area (Å²) in [5.74, 6) is 0.713. The molecule has 5 rings (SSSR count). The van der Waals surface area contributed by atoms with Crippen LogP contribution in [0.5, 0.6) is 0 Å². The van der Waals surface area contributed by atoms with Crippen LogP contribution in [0.2, 0.25) is 0 Å². The Morgan fingerprint density at radius 2 is 1.79 bits per heavy atom. The largest absolute Gasteiger partial charge is 0.444 e. The Bertz CT molecular complexity index is 1320. The van der Waals surface area contributed by atoms with Gasteiger partial charge in [-0.15, -0.1) is 0 Å². The minimum absolute atomic E-state index is 0.0193. The molecule has 0 unspecified atom stereocenters. The first-order valence-electron chi connectivity index (χ1n) is 12.4. The molecule has 1 amide bonds. The van der Waals surface area contributed by atoms with Gasteiger partial charge in [-0.25, -0.2) is 4.79 Å². The number of aryl methyl sites for hydroxylation is 1. The number of rotatable bonds is 4. The molecule has 1 saturated heterocycles. The monoisotopic (exact) mass is 458 g/mol. The minimum Gasteiger partial charge on any atom is -0.444 e. The number of hydrogen-bond donors (Lipinski definition) is 0. The third kappa shape index (κ3) is 4.13. The van der Waals surface area contributed by atoms with Crippen molar-refractivity contribution >= 4 is 16.9 Å². The van der Waals surface area contributed by atoms with Crippen molar-refractivity contribution in [3.05, 3.63) is 75.2 Å². The number of ether oxygens (including phenoxy) is 1. The summed E-state index contributed by atoms with van der Waals surface area (Å²) in [4.78, 5) is 28.2. The Balaban J connectivity index is 1.61. The molecule has 2 aromatic carbocycles. The normalized spacial score (nSPS) is 16.6. The predicted octanol–water partition coefficient (Wildman–Crippen LogP) is 6.07. The van der Waals surface area contributed by atoms with Crippen molar-refractivity contribution < 1.29 is 9.53 Å². The number of benzene rings is 2. The van der Waals surface area contributed by atoms with E-state index in [1.54, 1.807) is 4.90 Å². The number of likely N-dealkylation sites (tertiary alicyclic amines) is 1. The molecule has 2 heterocycles. The van der Waals surface area contributed by atoms with E-state index in [0.717, 1.165) is 28.6 Å². The smallest absolute Gasteiger partial charge is 0.410 e. The fraction of sp³-hybridized carbons (Fsp3) is 0.448. The lowest BCUT2D eigenvalue weighted by atomic mass is 9.92. The molecule has 2 fully saturated rings. The molecule has 1 aliphatic heterocycles. The fourth-order valence-corrected chi connectivity index (χ4v) is 5.07. The van der Waals surface area contributed by atoms with Gasteiger partial charge in [0.25, 0.3) is 5.56 Å². The van der Waals surface area contributed by atoms with Crippen LogP contribution < -0.4 is 5.56 Å². The maximum Gasteiger partial charge on any atom is 0.410 e. The van der Waals surface area contributed by atoms with E-state index >= 15 is 0 Å². The van der Waals surface area contributed by atoms with Crippen molar-refractivity contribution in [2.75, 3.05) is 13.1 Å². The highest BCUT2D eigenvalue weighted by molar-refractivity contribution is 5.84. The number of nitrogens with zero attached hydrogens (tertiary/aromatic N) is 2. The van der Waals surface area contributed by atoms with Gasteiger partial charge in [0.05, 0.1) is 5.69 Å². The van der Waals surface area contributed by atoms with E-state index in [1.807, 2.05) is 43.5 Å². The zero-order valence-electron chi connectivity index (χ0n) is 20.9. The van der Waals surface area contributed by atoms with E-state index < -0.39 is 5.60 Å². The molecular weight excluding hydrogens is 424 g/mol. The van der Waals surface area contributed by atoms with Crippen LogP contribution in [0, 0.1) is 6.92 Å². The maximum absolute atomic E-state index is 13.9. The van der Waals surface area contributed by atoms with Crippen molar-refractivity contribution in [2.45, 2.75) is 71.3 Å². The molecule has 0 atom stereocenters. The molecule has 34 heavy (non-hydrogen) atoms. The molecule has 3 aromatic rings. The second-order valence-electron chi connectivity index (χ2n) is 10.8. The summed E-state index contributed by atoms with van der Waals surface area (Å²) >= 11 is 0. The molecule has 0 spiro atoms. The Morgan fingerprint density at radius 1 is 1.06 bits per heavy atom. The molecule has 1 saturated carbocycles. The topological polar surface area (TPSA) is 51.5 Å². The van der Waals surface area contributed by atoms with Gasteiger partial charge < -0.3 is 9.64 Å².